The van der Waals surface area contributed by atoms with Crippen LogP contribution in [0.15, 0.2) is 24.3 Å². The molecule has 9 heteroatoms. The quantitative estimate of drug-likeness (QED) is 0.179. The molecule has 30 heavy (non-hydrogen) atoms. The number of unbranched alkanes of at least 4 members (excludes halogenated alkanes) is 2. The Kier molecular flexibility index (Phi) is 7.91. The first kappa shape index (κ1) is 23.3. The summed E-state index contributed by atoms with van der Waals surface area (Å²) in [6, 6.07) is 5.02. The fourth-order valence-corrected chi connectivity index (χ4v) is 2.61. The molecule has 0 aliphatic carbocycles. The molecule has 0 amide bonds. The van der Waals surface area contributed by atoms with Gasteiger partial charge in [-0.3, -0.25) is 0 Å². The number of halogens is 5. The Labute approximate surface area is 169 Å². The molecule has 0 heterocycles. The Morgan fingerprint density at radius 3 is 1.77 bits per heavy atom. The lowest BCUT2D eigenvalue weighted by Gasteiger charge is -2.16. The molecule has 4 nitrogen and oxygen atoms in total. The summed E-state index contributed by atoms with van der Waals surface area (Å²) in [5, 5.41) is 0. The molecule has 0 fully saturated rings. The minimum absolute atomic E-state index is 0.0896. The van der Waals surface area contributed by atoms with Crippen molar-refractivity contribution in [1.82, 2.24) is 0 Å². The summed E-state index contributed by atoms with van der Waals surface area (Å²) in [7, 11) is 0. The molecule has 0 bridgehead atoms. The largest absolute Gasteiger partial charge is 0.462 e. The molecule has 2 aromatic rings. The number of carbonyl (C=O) groups is 2. The van der Waals surface area contributed by atoms with Crippen molar-refractivity contribution in [2.45, 2.75) is 39.2 Å². The second-order valence-corrected chi connectivity index (χ2v) is 6.45. The zero-order valence-electron chi connectivity index (χ0n) is 16.2. The van der Waals surface area contributed by atoms with Crippen molar-refractivity contribution in [3.63, 3.8) is 0 Å². The monoisotopic (exact) mass is 430 g/mol. The highest BCUT2D eigenvalue weighted by atomic mass is 19.2. The van der Waals surface area contributed by atoms with Gasteiger partial charge in [0, 0.05) is 0 Å². The second kappa shape index (κ2) is 10.2. The first-order chi connectivity index (χ1) is 14.2. The van der Waals surface area contributed by atoms with Crippen LogP contribution < -0.4 is 0 Å². The summed E-state index contributed by atoms with van der Waals surface area (Å²) in [5.74, 6) is -12.4. The molecular weight excluding hydrogens is 411 g/mol. The van der Waals surface area contributed by atoms with Crippen molar-refractivity contribution in [3.05, 3.63) is 70.0 Å². The summed E-state index contributed by atoms with van der Waals surface area (Å²) in [6.45, 7) is 3.24. The standard InChI is InChI=1S/C21H19F5O4/c1-3-4-5-10-29-20(27)12-6-8-13(9-7-12)21(28)30-11(2)14-15(22)17(24)19(26)18(25)16(14)23/h6-9,11H,3-5,10H2,1-2H3. The predicted octanol–water partition coefficient (Wildman–Crippen LogP) is 5.65. The van der Waals surface area contributed by atoms with Gasteiger partial charge in [-0.2, -0.15) is 0 Å². The Morgan fingerprint density at radius 1 is 0.800 bits per heavy atom. The number of carbonyl (C=O) groups excluding carboxylic acids is 2. The second-order valence-electron chi connectivity index (χ2n) is 6.45. The molecule has 0 saturated carbocycles. The van der Waals surface area contributed by atoms with Crippen molar-refractivity contribution < 1.29 is 41.0 Å². The lowest BCUT2D eigenvalue weighted by atomic mass is 10.1. The van der Waals surface area contributed by atoms with E-state index in [9.17, 15) is 31.5 Å². The van der Waals surface area contributed by atoms with E-state index in [4.69, 9.17) is 9.47 Å². The summed E-state index contributed by atoms with van der Waals surface area (Å²) < 4.78 is 77.4. The minimum Gasteiger partial charge on any atom is -0.462 e. The van der Waals surface area contributed by atoms with Gasteiger partial charge in [0.05, 0.1) is 23.3 Å². The van der Waals surface area contributed by atoms with Gasteiger partial charge < -0.3 is 9.47 Å². The summed E-state index contributed by atoms with van der Waals surface area (Å²) in [5.41, 5.74) is -1.17. The third-order valence-corrected chi connectivity index (χ3v) is 4.27. The maximum absolute atomic E-state index is 13.8. The molecule has 0 saturated heterocycles. The molecule has 1 unspecified atom stereocenters. The number of benzene rings is 2. The van der Waals surface area contributed by atoms with Crippen molar-refractivity contribution in [2.24, 2.45) is 0 Å². The average Bonchev–Trinajstić information content (AvgIpc) is 2.74. The van der Waals surface area contributed by atoms with Crippen LogP contribution in [0.5, 0.6) is 0 Å². The van der Waals surface area contributed by atoms with Crippen LogP contribution in [-0.4, -0.2) is 18.5 Å². The fourth-order valence-electron chi connectivity index (χ4n) is 2.61. The zero-order chi connectivity index (χ0) is 22.4. The Hall–Kier alpha value is -2.97. The van der Waals surface area contributed by atoms with Gasteiger partial charge in [-0.15, -0.1) is 0 Å². The Bertz CT molecular complexity index is 899. The summed E-state index contributed by atoms with van der Waals surface area (Å²) in [6.07, 6.45) is 0.851. The average molecular weight is 430 g/mol. The van der Waals surface area contributed by atoms with E-state index in [1.165, 1.54) is 24.3 Å². The maximum Gasteiger partial charge on any atom is 0.338 e. The third-order valence-electron chi connectivity index (χ3n) is 4.27. The minimum atomic E-state index is -2.30. The molecule has 0 aromatic heterocycles. The molecule has 0 spiro atoms. The zero-order valence-corrected chi connectivity index (χ0v) is 16.2. The number of rotatable bonds is 8. The van der Waals surface area contributed by atoms with E-state index in [0.717, 1.165) is 26.2 Å². The Balaban J connectivity index is 2.09. The van der Waals surface area contributed by atoms with Gasteiger partial charge in [-0.05, 0) is 37.6 Å². The van der Waals surface area contributed by atoms with E-state index in [-0.39, 0.29) is 17.7 Å². The molecular formula is C21H19F5O4. The highest BCUT2D eigenvalue weighted by molar-refractivity contribution is 5.93. The first-order valence-electron chi connectivity index (χ1n) is 9.18. The Morgan fingerprint density at radius 2 is 1.27 bits per heavy atom. The maximum atomic E-state index is 13.8. The van der Waals surface area contributed by atoms with E-state index in [0.29, 0.717) is 0 Å². The molecule has 0 radical (unpaired) electrons. The molecule has 0 N–H and O–H groups in total. The van der Waals surface area contributed by atoms with Crippen LogP contribution in [0.2, 0.25) is 0 Å². The van der Waals surface area contributed by atoms with Crippen LogP contribution in [0.1, 0.15) is 65.5 Å². The highest BCUT2D eigenvalue weighted by Gasteiger charge is 2.30. The van der Waals surface area contributed by atoms with Crippen LogP contribution in [0.4, 0.5) is 22.0 Å². The topological polar surface area (TPSA) is 52.6 Å². The lowest BCUT2D eigenvalue weighted by molar-refractivity contribution is 0.0318. The smallest absolute Gasteiger partial charge is 0.338 e. The van der Waals surface area contributed by atoms with Crippen LogP contribution in [0, 0.1) is 29.1 Å². The van der Waals surface area contributed by atoms with E-state index in [1.54, 1.807) is 0 Å². The van der Waals surface area contributed by atoms with Gasteiger partial charge in [0.15, 0.2) is 23.3 Å². The predicted molar refractivity (Wildman–Crippen MR) is 96.3 cm³/mol. The van der Waals surface area contributed by atoms with Crippen molar-refractivity contribution in [1.29, 1.82) is 0 Å². The van der Waals surface area contributed by atoms with Gasteiger partial charge in [0.1, 0.15) is 6.10 Å². The third kappa shape index (κ3) is 5.14. The van der Waals surface area contributed by atoms with Crippen molar-refractivity contribution >= 4 is 11.9 Å². The van der Waals surface area contributed by atoms with Crippen LogP contribution in [0.3, 0.4) is 0 Å². The number of hydrogen-bond donors (Lipinski definition) is 0. The number of ether oxygens (including phenoxy) is 2. The van der Waals surface area contributed by atoms with E-state index < -0.39 is 52.7 Å². The van der Waals surface area contributed by atoms with Crippen LogP contribution in [0.25, 0.3) is 0 Å². The highest BCUT2D eigenvalue weighted by Crippen LogP contribution is 2.30. The van der Waals surface area contributed by atoms with E-state index >= 15 is 0 Å². The van der Waals surface area contributed by atoms with Crippen molar-refractivity contribution in [3.8, 4) is 0 Å². The summed E-state index contributed by atoms with van der Waals surface area (Å²) >= 11 is 0. The van der Waals surface area contributed by atoms with Gasteiger partial charge in [0.2, 0.25) is 5.82 Å². The lowest BCUT2D eigenvalue weighted by Crippen LogP contribution is -2.15. The molecule has 2 rings (SSSR count). The molecule has 162 valence electrons. The molecule has 0 aliphatic rings. The van der Waals surface area contributed by atoms with Gasteiger partial charge in [0.25, 0.3) is 0 Å². The van der Waals surface area contributed by atoms with Gasteiger partial charge in [-0.1, -0.05) is 19.8 Å². The SMILES string of the molecule is CCCCCOC(=O)c1ccc(C(=O)OC(C)c2c(F)c(F)c(F)c(F)c2F)cc1. The molecule has 1 atom stereocenters. The normalized spacial score (nSPS) is 11.8. The fraction of sp³-hybridized carbons (Fsp3) is 0.333. The van der Waals surface area contributed by atoms with Gasteiger partial charge in [-0.25, -0.2) is 31.5 Å². The number of hydrogen-bond acceptors (Lipinski definition) is 4. The van der Waals surface area contributed by atoms with E-state index in [2.05, 4.69) is 0 Å². The first-order valence-corrected chi connectivity index (χ1v) is 9.18. The number of esters is 2. The summed E-state index contributed by atoms with van der Waals surface area (Å²) in [4.78, 5) is 24.1. The van der Waals surface area contributed by atoms with E-state index in [1.807, 2.05) is 6.92 Å². The van der Waals surface area contributed by atoms with Crippen LogP contribution in [-0.2, 0) is 9.47 Å². The molecule has 2 aromatic carbocycles. The van der Waals surface area contributed by atoms with Crippen molar-refractivity contribution in [2.75, 3.05) is 6.61 Å². The van der Waals surface area contributed by atoms with Gasteiger partial charge >= 0.3 is 11.9 Å². The van der Waals surface area contributed by atoms with Crippen LogP contribution >= 0.6 is 0 Å². The molecule has 0 aliphatic heterocycles.